The molecule has 1 fully saturated rings. The van der Waals surface area contributed by atoms with E-state index in [9.17, 15) is 0 Å². The van der Waals surface area contributed by atoms with Crippen molar-refractivity contribution in [2.24, 2.45) is 11.1 Å². The molecular weight excluding hydrogens is 186 g/mol. The summed E-state index contributed by atoms with van der Waals surface area (Å²) >= 11 is 0. The Morgan fingerprint density at radius 1 is 1.40 bits per heavy atom. The van der Waals surface area contributed by atoms with Gasteiger partial charge in [0.05, 0.1) is 7.11 Å². The molecule has 0 spiro atoms. The lowest BCUT2D eigenvalue weighted by Crippen LogP contribution is -2.20. The summed E-state index contributed by atoms with van der Waals surface area (Å²) in [6, 6.07) is 6.41. The van der Waals surface area contributed by atoms with E-state index in [1.54, 1.807) is 7.11 Å². The number of hydrogen-bond acceptors (Lipinski definition) is 2. The Kier molecular flexibility index (Phi) is 2.47. The highest BCUT2D eigenvalue weighted by Crippen LogP contribution is 2.53. The molecule has 0 bridgehead atoms. The normalized spacial score (nSPS) is 19.7. The number of aryl methyl sites for hydroxylation is 1. The van der Waals surface area contributed by atoms with Crippen LogP contribution in [0.15, 0.2) is 18.2 Å². The molecule has 0 amide bonds. The fourth-order valence-electron chi connectivity index (χ4n) is 2.01. The summed E-state index contributed by atoms with van der Waals surface area (Å²) < 4.78 is 5.24. The summed E-state index contributed by atoms with van der Waals surface area (Å²) in [6.45, 7) is 4.32. The molecule has 0 aromatic heterocycles. The molecule has 1 atom stereocenters. The van der Waals surface area contributed by atoms with Crippen molar-refractivity contribution in [2.45, 2.75) is 32.7 Å². The van der Waals surface area contributed by atoms with Crippen LogP contribution in [0.25, 0.3) is 0 Å². The van der Waals surface area contributed by atoms with Crippen LogP contribution in [0.5, 0.6) is 5.75 Å². The Bertz CT molecular complexity index is 369. The highest BCUT2D eigenvalue weighted by Gasteiger charge is 2.43. The standard InChI is InChI=1S/C13H19NO/c1-9-8-10(4-5-11(9)15-3)12(14)13(2)6-7-13/h4-5,8,12H,6-7,14H2,1-3H3. The van der Waals surface area contributed by atoms with Gasteiger partial charge in [0.25, 0.3) is 0 Å². The first-order chi connectivity index (χ1) is 7.07. The molecule has 1 saturated carbocycles. The van der Waals surface area contributed by atoms with Crippen molar-refractivity contribution in [3.8, 4) is 5.75 Å². The van der Waals surface area contributed by atoms with Gasteiger partial charge in [-0.25, -0.2) is 0 Å². The first-order valence-corrected chi connectivity index (χ1v) is 5.47. The molecule has 0 radical (unpaired) electrons. The molecule has 15 heavy (non-hydrogen) atoms. The zero-order valence-electron chi connectivity index (χ0n) is 9.71. The Labute approximate surface area is 91.4 Å². The molecule has 2 nitrogen and oxygen atoms in total. The van der Waals surface area contributed by atoms with Gasteiger partial charge in [-0.1, -0.05) is 19.1 Å². The molecule has 2 rings (SSSR count). The molecule has 1 aromatic carbocycles. The molecule has 0 saturated heterocycles. The van der Waals surface area contributed by atoms with Crippen molar-refractivity contribution in [3.63, 3.8) is 0 Å². The van der Waals surface area contributed by atoms with E-state index in [-0.39, 0.29) is 6.04 Å². The average molecular weight is 205 g/mol. The smallest absolute Gasteiger partial charge is 0.121 e. The fourth-order valence-corrected chi connectivity index (χ4v) is 2.01. The van der Waals surface area contributed by atoms with Crippen LogP contribution in [0.4, 0.5) is 0 Å². The first kappa shape index (κ1) is 10.5. The summed E-state index contributed by atoms with van der Waals surface area (Å²) in [6.07, 6.45) is 2.50. The van der Waals surface area contributed by atoms with Gasteiger partial charge < -0.3 is 10.5 Å². The molecule has 2 heteroatoms. The third kappa shape index (κ3) is 1.86. The van der Waals surface area contributed by atoms with E-state index in [2.05, 4.69) is 26.0 Å². The van der Waals surface area contributed by atoms with Gasteiger partial charge in [0, 0.05) is 6.04 Å². The lowest BCUT2D eigenvalue weighted by Gasteiger charge is -2.20. The number of ether oxygens (including phenoxy) is 1. The molecule has 2 N–H and O–H groups in total. The van der Waals surface area contributed by atoms with E-state index < -0.39 is 0 Å². The summed E-state index contributed by atoms with van der Waals surface area (Å²) in [5, 5.41) is 0. The first-order valence-electron chi connectivity index (χ1n) is 5.47. The monoisotopic (exact) mass is 205 g/mol. The second-order valence-electron chi connectivity index (χ2n) is 4.86. The lowest BCUT2D eigenvalue weighted by molar-refractivity contribution is 0.410. The van der Waals surface area contributed by atoms with Gasteiger partial charge >= 0.3 is 0 Å². The van der Waals surface area contributed by atoms with Crippen molar-refractivity contribution in [2.75, 3.05) is 7.11 Å². The maximum Gasteiger partial charge on any atom is 0.121 e. The molecule has 1 aliphatic carbocycles. The van der Waals surface area contributed by atoms with Gasteiger partial charge in [-0.15, -0.1) is 0 Å². The van der Waals surface area contributed by atoms with Gasteiger partial charge in [-0.2, -0.15) is 0 Å². The topological polar surface area (TPSA) is 35.2 Å². The second-order valence-corrected chi connectivity index (χ2v) is 4.86. The summed E-state index contributed by atoms with van der Waals surface area (Å²) in [5.41, 5.74) is 8.98. The molecule has 1 aromatic rings. The Morgan fingerprint density at radius 2 is 2.07 bits per heavy atom. The molecule has 0 aliphatic heterocycles. The van der Waals surface area contributed by atoms with Crippen LogP contribution in [0.1, 0.15) is 36.9 Å². The number of rotatable bonds is 3. The van der Waals surface area contributed by atoms with Gasteiger partial charge in [-0.3, -0.25) is 0 Å². The van der Waals surface area contributed by atoms with E-state index >= 15 is 0 Å². The van der Waals surface area contributed by atoms with Crippen LogP contribution in [-0.2, 0) is 0 Å². The highest BCUT2D eigenvalue weighted by atomic mass is 16.5. The predicted octanol–water partition coefficient (Wildman–Crippen LogP) is 2.80. The van der Waals surface area contributed by atoms with E-state index in [1.165, 1.54) is 18.4 Å². The van der Waals surface area contributed by atoms with Crippen LogP contribution in [-0.4, -0.2) is 7.11 Å². The zero-order valence-corrected chi connectivity index (χ0v) is 9.71. The summed E-state index contributed by atoms with van der Waals surface area (Å²) in [4.78, 5) is 0. The van der Waals surface area contributed by atoms with Crippen LogP contribution in [0.2, 0.25) is 0 Å². The van der Waals surface area contributed by atoms with Crippen LogP contribution in [0, 0.1) is 12.3 Å². The average Bonchev–Trinajstić information content (AvgIpc) is 2.96. The summed E-state index contributed by atoms with van der Waals surface area (Å²) in [5.74, 6) is 0.937. The van der Waals surface area contributed by atoms with E-state index in [0.717, 1.165) is 11.3 Å². The minimum atomic E-state index is 0.169. The van der Waals surface area contributed by atoms with Crippen molar-refractivity contribution in [1.82, 2.24) is 0 Å². The number of benzene rings is 1. The summed E-state index contributed by atoms with van der Waals surface area (Å²) in [7, 11) is 1.70. The molecule has 82 valence electrons. The third-order valence-corrected chi connectivity index (χ3v) is 3.57. The Hall–Kier alpha value is -1.02. The molecule has 0 heterocycles. The van der Waals surface area contributed by atoms with Gasteiger partial charge in [0.1, 0.15) is 5.75 Å². The lowest BCUT2D eigenvalue weighted by atomic mass is 9.92. The Balaban J connectivity index is 2.26. The van der Waals surface area contributed by atoms with Crippen molar-refractivity contribution in [3.05, 3.63) is 29.3 Å². The van der Waals surface area contributed by atoms with Gasteiger partial charge in [-0.05, 0) is 42.4 Å². The maximum atomic E-state index is 6.25. The minimum Gasteiger partial charge on any atom is -0.496 e. The van der Waals surface area contributed by atoms with Crippen LogP contribution < -0.4 is 10.5 Å². The molecule has 1 unspecified atom stereocenters. The van der Waals surface area contributed by atoms with E-state index in [0.29, 0.717) is 5.41 Å². The highest BCUT2D eigenvalue weighted by molar-refractivity contribution is 5.38. The van der Waals surface area contributed by atoms with Crippen molar-refractivity contribution in [1.29, 1.82) is 0 Å². The largest absolute Gasteiger partial charge is 0.496 e. The van der Waals surface area contributed by atoms with Gasteiger partial charge in [0.2, 0.25) is 0 Å². The van der Waals surface area contributed by atoms with E-state index in [1.807, 2.05) is 6.07 Å². The van der Waals surface area contributed by atoms with Gasteiger partial charge in [0.15, 0.2) is 0 Å². The predicted molar refractivity (Wildman–Crippen MR) is 62.0 cm³/mol. The van der Waals surface area contributed by atoms with Crippen LogP contribution >= 0.6 is 0 Å². The Morgan fingerprint density at radius 3 is 2.53 bits per heavy atom. The maximum absolute atomic E-state index is 6.25. The zero-order chi connectivity index (χ0) is 11.1. The number of nitrogens with two attached hydrogens (primary N) is 1. The third-order valence-electron chi connectivity index (χ3n) is 3.57. The van der Waals surface area contributed by atoms with Crippen molar-refractivity contribution < 1.29 is 4.74 Å². The van der Waals surface area contributed by atoms with E-state index in [4.69, 9.17) is 10.5 Å². The van der Waals surface area contributed by atoms with Crippen molar-refractivity contribution >= 4 is 0 Å². The van der Waals surface area contributed by atoms with Crippen LogP contribution in [0.3, 0.4) is 0 Å². The number of methoxy groups -OCH3 is 1. The quantitative estimate of drug-likeness (QED) is 0.823. The number of hydrogen-bond donors (Lipinski definition) is 1. The SMILES string of the molecule is COc1ccc(C(N)C2(C)CC2)cc1C. The minimum absolute atomic E-state index is 0.169. The molecular formula is C13H19NO. The fraction of sp³-hybridized carbons (Fsp3) is 0.538. The molecule has 1 aliphatic rings. The second kappa shape index (κ2) is 3.53.